The van der Waals surface area contributed by atoms with E-state index >= 15 is 0 Å². The summed E-state index contributed by atoms with van der Waals surface area (Å²) in [6.07, 6.45) is 3.78. The fourth-order valence-corrected chi connectivity index (χ4v) is 2.45. The van der Waals surface area contributed by atoms with Crippen LogP contribution in [0.5, 0.6) is 0 Å². The van der Waals surface area contributed by atoms with E-state index in [1.54, 1.807) is 35.0 Å². The smallest absolute Gasteiger partial charge is 0.335 e. The zero-order chi connectivity index (χ0) is 14.3. The summed E-state index contributed by atoms with van der Waals surface area (Å²) in [6.45, 7) is 0.558. The van der Waals surface area contributed by atoms with E-state index in [2.05, 4.69) is 4.98 Å². The lowest BCUT2D eigenvalue weighted by molar-refractivity contribution is 0.0696. The Labute approximate surface area is 115 Å². The summed E-state index contributed by atoms with van der Waals surface area (Å²) in [5.41, 5.74) is 2.43. The SMILES string of the molecule is Cn1cncc1C(=O)N1CCc2cc(C(=O)O)ccc21. The van der Waals surface area contributed by atoms with Gasteiger partial charge < -0.3 is 14.6 Å². The van der Waals surface area contributed by atoms with Gasteiger partial charge in [0, 0.05) is 19.3 Å². The second-order valence-corrected chi connectivity index (χ2v) is 4.75. The molecular weight excluding hydrogens is 258 g/mol. The highest BCUT2D eigenvalue weighted by atomic mass is 16.4. The predicted molar refractivity (Wildman–Crippen MR) is 72.0 cm³/mol. The van der Waals surface area contributed by atoms with E-state index in [0.717, 1.165) is 11.3 Å². The van der Waals surface area contributed by atoms with E-state index in [-0.39, 0.29) is 11.5 Å². The van der Waals surface area contributed by atoms with Gasteiger partial charge in [0.2, 0.25) is 0 Å². The number of aryl methyl sites for hydroxylation is 1. The number of nitrogens with zero attached hydrogens (tertiary/aromatic N) is 3. The van der Waals surface area contributed by atoms with Gasteiger partial charge in [-0.05, 0) is 30.2 Å². The molecule has 0 aliphatic carbocycles. The Hall–Kier alpha value is -2.63. The molecule has 0 atom stereocenters. The summed E-state index contributed by atoms with van der Waals surface area (Å²) in [7, 11) is 1.77. The number of anilines is 1. The van der Waals surface area contributed by atoms with Crippen molar-refractivity contribution in [3.05, 3.63) is 47.5 Å². The quantitative estimate of drug-likeness (QED) is 0.893. The molecule has 0 unspecified atom stereocenters. The van der Waals surface area contributed by atoms with Crippen LogP contribution in [-0.2, 0) is 13.5 Å². The Kier molecular flexibility index (Phi) is 2.78. The van der Waals surface area contributed by atoms with E-state index in [0.29, 0.717) is 18.7 Å². The molecule has 6 nitrogen and oxygen atoms in total. The lowest BCUT2D eigenvalue weighted by Crippen LogP contribution is -2.30. The summed E-state index contributed by atoms with van der Waals surface area (Å²) < 4.78 is 1.67. The zero-order valence-electron chi connectivity index (χ0n) is 10.9. The second kappa shape index (κ2) is 4.48. The maximum atomic E-state index is 12.5. The first-order chi connectivity index (χ1) is 9.58. The standard InChI is InChI=1S/C14H13N3O3/c1-16-8-15-7-12(16)13(18)17-5-4-9-6-10(14(19)20)2-3-11(9)17/h2-3,6-8H,4-5H2,1H3,(H,19,20). The van der Waals surface area contributed by atoms with Crippen molar-refractivity contribution in [2.24, 2.45) is 7.05 Å². The molecular formula is C14H13N3O3. The number of amides is 1. The fraction of sp³-hybridized carbons (Fsp3) is 0.214. The Morgan fingerprint density at radius 2 is 2.15 bits per heavy atom. The molecule has 0 fully saturated rings. The highest BCUT2D eigenvalue weighted by Gasteiger charge is 2.27. The Bertz CT molecular complexity index is 705. The number of carboxylic acids is 1. The van der Waals surface area contributed by atoms with E-state index in [1.807, 2.05) is 0 Å². The van der Waals surface area contributed by atoms with Gasteiger partial charge in [0.25, 0.3) is 5.91 Å². The van der Waals surface area contributed by atoms with Crippen molar-refractivity contribution < 1.29 is 14.7 Å². The highest BCUT2D eigenvalue weighted by Crippen LogP contribution is 2.30. The molecule has 102 valence electrons. The van der Waals surface area contributed by atoms with Crippen LogP contribution >= 0.6 is 0 Å². The van der Waals surface area contributed by atoms with E-state index in [1.165, 1.54) is 12.3 Å². The summed E-state index contributed by atoms with van der Waals surface area (Å²) in [5.74, 6) is -1.07. The molecule has 1 aliphatic heterocycles. The van der Waals surface area contributed by atoms with Crippen LogP contribution in [0.1, 0.15) is 26.4 Å². The van der Waals surface area contributed by atoms with Crippen LogP contribution in [0.2, 0.25) is 0 Å². The number of aromatic nitrogens is 2. The fourth-order valence-electron chi connectivity index (χ4n) is 2.45. The van der Waals surface area contributed by atoms with Gasteiger partial charge in [-0.2, -0.15) is 0 Å². The summed E-state index contributed by atoms with van der Waals surface area (Å²) in [5, 5.41) is 8.99. The molecule has 1 aromatic carbocycles. The van der Waals surface area contributed by atoms with Crippen LogP contribution in [0.4, 0.5) is 5.69 Å². The minimum Gasteiger partial charge on any atom is -0.478 e. The minimum atomic E-state index is -0.954. The lowest BCUT2D eigenvalue weighted by atomic mass is 10.1. The maximum Gasteiger partial charge on any atom is 0.335 e. The first-order valence-corrected chi connectivity index (χ1v) is 6.22. The molecule has 0 radical (unpaired) electrons. The Morgan fingerprint density at radius 1 is 1.35 bits per heavy atom. The summed E-state index contributed by atoms with van der Waals surface area (Å²) in [6, 6.07) is 4.85. The number of carbonyl (C=O) groups is 2. The summed E-state index contributed by atoms with van der Waals surface area (Å²) >= 11 is 0. The van der Waals surface area contributed by atoms with Crippen LogP contribution in [0.25, 0.3) is 0 Å². The highest BCUT2D eigenvalue weighted by molar-refractivity contribution is 6.06. The Balaban J connectivity index is 1.96. The van der Waals surface area contributed by atoms with Crippen molar-refractivity contribution in [2.45, 2.75) is 6.42 Å². The van der Waals surface area contributed by atoms with E-state index in [9.17, 15) is 9.59 Å². The van der Waals surface area contributed by atoms with Gasteiger partial charge >= 0.3 is 5.97 Å². The molecule has 3 rings (SSSR count). The second-order valence-electron chi connectivity index (χ2n) is 4.75. The van der Waals surface area contributed by atoms with Crippen LogP contribution in [0, 0.1) is 0 Å². The largest absolute Gasteiger partial charge is 0.478 e. The van der Waals surface area contributed by atoms with Gasteiger partial charge in [0.1, 0.15) is 5.69 Å². The molecule has 1 aromatic heterocycles. The molecule has 2 heterocycles. The number of hydrogen-bond acceptors (Lipinski definition) is 3. The topological polar surface area (TPSA) is 75.4 Å². The maximum absolute atomic E-state index is 12.5. The third-order valence-corrected chi connectivity index (χ3v) is 3.50. The number of fused-ring (bicyclic) bond motifs is 1. The molecule has 0 saturated carbocycles. The monoisotopic (exact) mass is 271 g/mol. The van der Waals surface area contributed by atoms with Crippen molar-refractivity contribution in [1.82, 2.24) is 9.55 Å². The van der Waals surface area contributed by atoms with Crippen LogP contribution < -0.4 is 4.90 Å². The first kappa shape index (κ1) is 12.4. The average molecular weight is 271 g/mol. The molecule has 20 heavy (non-hydrogen) atoms. The molecule has 2 aromatic rings. The number of imidazole rings is 1. The molecule has 0 spiro atoms. The van der Waals surface area contributed by atoms with Crippen molar-refractivity contribution >= 4 is 17.6 Å². The van der Waals surface area contributed by atoms with Crippen molar-refractivity contribution in [1.29, 1.82) is 0 Å². The summed E-state index contributed by atoms with van der Waals surface area (Å²) in [4.78, 5) is 29.0. The van der Waals surface area contributed by atoms with Gasteiger partial charge in [0.05, 0.1) is 18.1 Å². The van der Waals surface area contributed by atoms with Gasteiger partial charge in [-0.3, -0.25) is 4.79 Å². The van der Waals surface area contributed by atoms with Gasteiger partial charge in [-0.1, -0.05) is 0 Å². The molecule has 6 heteroatoms. The zero-order valence-corrected chi connectivity index (χ0v) is 10.9. The number of carboxylic acid groups (broad SMARTS) is 1. The number of aromatic carboxylic acids is 1. The lowest BCUT2D eigenvalue weighted by Gasteiger charge is -2.17. The van der Waals surface area contributed by atoms with Crippen molar-refractivity contribution in [3.63, 3.8) is 0 Å². The van der Waals surface area contributed by atoms with E-state index < -0.39 is 5.97 Å². The molecule has 1 aliphatic rings. The number of hydrogen-bond donors (Lipinski definition) is 1. The predicted octanol–water partition coefficient (Wildman–Crippen LogP) is 1.32. The van der Waals surface area contributed by atoms with Gasteiger partial charge in [0.15, 0.2) is 0 Å². The third-order valence-electron chi connectivity index (χ3n) is 3.50. The minimum absolute atomic E-state index is 0.119. The first-order valence-electron chi connectivity index (χ1n) is 6.22. The van der Waals surface area contributed by atoms with Crippen LogP contribution in [0.3, 0.4) is 0 Å². The Morgan fingerprint density at radius 3 is 2.80 bits per heavy atom. The van der Waals surface area contributed by atoms with Crippen molar-refractivity contribution in [2.75, 3.05) is 11.4 Å². The van der Waals surface area contributed by atoms with E-state index in [4.69, 9.17) is 5.11 Å². The molecule has 1 amide bonds. The number of benzene rings is 1. The average Bonchev–Trinajstić information content (AvgIpc) is 3.03. The molecule has 0 bridgehead atoms. The molecule has 1 N–H and O–H groups in total. The van der Waals surface area contributed by atoms with Gasteiger partial charge in [-0.15, -0.1) is 0 Å². The van der Waals surface area contributed by atoms with Crippen LogP contribution in [0.15, 0.2) is 30.7 Å². The van der Waals surface area contributed by atoms with Gasteiger partial charge in [-0.25, -0.2) is 9.78 Å². The normalized spacial score (nSPS) is 13.3. The molecule has 0 saturated heterocycles. The number of rotatable bonds is 2. The third kappa shape index (κ3) is 1.85. The number of carbonyl (C=O) groups excluding carboxylic acids is 1. The van der Waals surface area contributed by atoms with Crippen molar-refractivity contribution in [3.8, 4) is 0 Å². The van der Waals surface area contributed by atoms with Crippen LogP contribution in [-0.4, -0.2) is 33.1 Å².